The summed E-state index contributed by atoms with van der Waals surface area (Å²) in [5, 5.41) is 0. The molecule has 0 saturated carbocycles. The standard InChI is InChI=1S/C11H24N2/c1-4-7-9-10(8-5-2)13-11(12)6-3/h10H,4-9H2,1-3H3,(H2,12,13). The molecule has 0 aromatic heterocycles. The average molecular weight is 184 g/mol. The van der Waals surface area contributed by atoms with Gasteiger partial charge >= 0.3 is 0 Å². The molecule has 0 spiro atoms. The van der Waals surface area contributed by atoms with Gasteiger partial charge < -0.3 is 5.73 Å². The minimum absolute atomic E-state index is 0.477. The summed E-state index contributed by atoms with van der Waals surface area (Å²) in [5.41, 5.74) is 5.73. The van der Waals surface area contributed by atoms with Crippen LogP contribution >= 0.6 is 0 Å². The summed E-state index contributed by atoms with van der Waals surface area (Å²) in [6.45, 7) is 6.48. The molecule has 2 N–H and O–H groups in total. The fourth-order valence-corrected chi connectivity index (χ4v) is 1.37. The van der Waals surface area contributed by atoms with Crippen LogP contribution in [0, 0.1) is 0 Å². The van der Waals surface area contributed by atoms with Gasteiger partial charge in [0.2, 0.25) is 0 Å². The molecule has 13 heavy (non-hydrogen) atoms. The number of unbranched alkanes of at least 4 members (excludes halogenated alkanes) is 1. The fraction of sp³-hybridized carbons (Fsp3) is 0.909. The van der Waals surface area contributed by atoms with Gasteiger partial charge in [0.1, 0.15) is 0 Å². The molecule has 1 atom stereocenters. The molecule has 0 saturated heterocycles. The molecule has 78 valence electrons. The molecule has 1 unspecified atom stereocenters. The van der Waals surface area contributed by atoms with Crippen LogP contribution in [0.2, 0.25) is 0 Å². The van der Waals surface area contributed by atoms with Gasteiger partial charge in [0.15, 0.2) is 0 Å². The zero-order chi connectivity index (χ0) is 10.1. The van der Waals surface area contributed by atoms with Crippen LogP contribution in [0.4, 0.5) is 0 Å². The second kappa shape index (κ2) is 8.09. The minimum atomic E-state index is 0.477. The van der Waals surface area contributed by atoms with Gasteiger partial charge in [-0.25, -0.2) is 0 Å². The Morgan fingerprint density at radius 2 is 1.85 bits per heavy atom. The van der Waals surface area contributed by atoms with Gasteiger partial charge in [-0.2, -0.15) is 0 Å². The van der Waals surface area contributed by atoms with Crippen molar-refractivity contribution in [1.29, 1.82) is 0 Å². The number of hydrogen-bond acceptors (Lipinski definition) is 1. The summed E-state index contributed by atoms with van der Waals surface area (Å²) in [5.74, 6) is 0.814. The zero-order valence-corrected chi connectivity index (χ0v) is 9.34. The maximum atomic E-state index is 5.73. The largest absolute Gasteiger partial charge is 0.387 e. The Morgan fingerprint density at radius 1 is 1.15 bits per heavy atom. The summed E-state index contributed by atoms with van der Waals surface area (Å²) in [6, 6.07) is 0.477. The van der Waals surface area contributed by atoms with Gasteiger partial charge in [0, 0.05) is 6.42 Å². The van der Waals surface area contributed by atoms with E-state index in [1.165, 1.54) is 32.1 Å². The first kappa shape index (κ1) is 12.5. The van der Waals surface area contributed by atoms with Gasteiger partial charge in [-0.15, -0.1) is 0 Å². The highest BCUT2D eigenvalue weighted by molar-refractivity contribution is 5.80. The van der Waals surface area contributed by atoms with E-state index in [1.54, 1.807) is 0 Å². The second-order valence-corrected chi connectivity index (χ2v) is 3.56. The average Bonchev–Trinajstić information content (AvgIpc) is 2.14. The summed E-state index contributed by atoms with van der Waals surface area (Å²) in [7, 11) is 0. The SMILES string of the molecule is CCCCC(CCC)N=C(N)CC. The lowest BCUT2D eigenvalue weighted by molar-refractivity contribution is 0.536. The Bertz CT molecular complexity index is 141. The van der Waals surface area contributed by atoms with Crippen molar-refractivity contribution in [3.05, 3.63) is 0 Å². The van der Waals surface area contributed by atoms with E-state index < -0.39 is 0 Å². The first-order valence-corrected chi connectivity index (χ1v) is 5.56. The highest BCUT2D eigenvalue weighted by atomic mass is 14.9. The maximum Gasteiger partial charge on any atom is 0.0937 e. The van der Waals surface area contributed by atoms with Crippen LogP contribution in [0.25, 0.3) is 0 Å². The number of nitrogens with two attached hydrogens (primary N) is 1. The van der Waals surface area contributed by atoms with Crippen molar-refractivity contribution in [2.24, 2.45) is 10.7 Å². The molecule has 0 aliphatic heterocycles. The van der Waals surface area contributed by atoms with Crippen molar-refractivity contribution in [1.82, 2.24) is 0 Å². The summed E-state index contributed by atoms with van der Waals surface area (Å²) < 4.78 is 0. The van der Waals surface area contributed by atoms with E-state index in [0.29, 0.717) is 6.04 Å². The fourth-order valence-electron chi connectivity index (χ4n) is 1.37. The van der Waals surface area contributed by atoms with Crippen molar-refractivity contribution < 1.29 is 0 Å². The van der Waals surface area contributed by atoms with E-state index in [4.69, 9.17) is 5.73 Å². The summed E-state index contributed by atoms with van der Waals surface area (Å²) >= 11 is 0. The summed E-state index contributed by atoms with van der Waals surface area (Å²) in [4.78, 5) is 4.52. The van der Waals surface area contributed by atoms with Crippen LogP contribution in [-0.4, -0.2) is 11.9 Å². The van der Waals surface area contributed by atoms with Crippen LogP contribution < -0.4 is 5.73 Å². The molecule has 0 fully saturated rings. The van der Waals surface area contributed by atoms with Crippen molar-refractivity contribution in [2.75, 3.05) is 0 Å². The van der Waals surface area contributed by atoms with Gasteiger partial charge in [-0.3, -0.25) is 4.99 Å². The predicted octanol–water partition coefficient (Wildman–Crippen LogP) is 3.11. The summed E-state index contributed by atoms with van der Waals surface area (Å²) in [6.07, 6.45) is 6.99. The molecule has 2 nitrogen and oxygen atoms in total. The molecular formula is C11H24N2. The molecular weight excluding hydrogens is 160 g/mol. The van der Waals surface area contributed by atoms with E-state index in [1.807, 2.05) is 0 Å². The number of amidine groups is 1. The molecule has 0 radical (unpaired) electrons. The molecule has 0 aromatic carbocycles. The van der Waals surface area contributed by atoms with Gasteiger partial charge in [0.25, 0.3) is 0 Å². The lowest BCUT2D eigenvalue weighted by Gasteiger charge is -2.11. The highest BCUT2D eigenvalue weighted by Gasteiger charge is 2.04. The Hall–Kier alpha value is -0.530. The number of rotatable bonds is 7. The van der Waals surface area contributed by atoms with E-state index in [-0.39, 0.29) is 0 Å². The molecule has 0 heterocycles. The molecule has 2 heteroatoms. The normalized spacial score (nSPS) is 14.5. The van der Waals surface area contributed by atoms with E-state index in [9.17, 15) is 0 Å². The van der Waals surface area contributed by atoms with E-state index >= 15 is 0 Å². The van der Waals surface area contributed by atoms with E-state index in [2.05, 4.69) is 25.8 Å². The number of aliphatic imine (C=N–C) groups is 1. The smallest absolute Gasteiger partial charge is 0.0937 e. The van der Waals surface area contributed by atoms with Crippen LogP contribution in [-0.2, 0) is 0 Å². The van der Waals surface area contributed by atoms with Crippen LogP contribution in [0.3, 0.4) is 0 Å². The third kappa shape index (κ3) is 6.62. The minimum Gasteiger partial charge on any atom is -0.387 e. The van der Waals surface area contributed by atoms with Crippen molar-refractivity contribution in [3.63, 3.8) is 0 Å². The molecule has 0 bridgehead atoms. The van der Waals surface area contributed by atoms with Crippen LogP contribution in [0.5, 0.6) is 0 Å². The van der Waals surface area contributed by atoms with Gasteiger partial charge in [-0.1, -0.05) is 40.0 Å². The molecule has 0 amide bonds. The zero-order valence-electron chi connectivity index (χ0n) is 9.34. The second-order valence-electron chi connectivity index (χ2n) is 3.56. The highest BCUT2D eigenvalue weighted by Crippen LogP contribution is 2.10. The van der Waals surface area contributed by atoms with Crippen molar-refractivity contribution >= 4 is 5.84 Å². The molecule has 0 aliphatic carbocycles. The first-order valence-electron chi connectivity index (χ1n) is 5.56. The Kier molecular flexibility index (Phi) is 7.76. The maximum absolute atomic E-state index is 5.73. The molecule has 0 aliphatic rings. The Balaban J connectivity index is 3.92. The molecule has 0 aromatic rings. The third-order valence-corrected chi connectivity index (χ3v) is 2.22. The monoisotopic (exact) mass is 184 g/mol. The lowest BCUT2D eigenvalue weighted by atomic mass is 10.1. The van der Waals surface area contributed by atoms with Crippen LogP contribution in [0.1, 0.15) is 59.3 Å². The Morgan fingerprint density at radius 3 is 2.31 bits per heavy atom. The Labute approximate surface area is 82.6 Å². The topological polar surface area (TPSA) is 38.4 Å². The number of hydrogen-bond donors (Lipinski definition) is 1. The van der Waals surface area contributed by atoms with Crippen molar-refractivity contribution in [2.45, 2.75) is 65.3 Å². The van der Waals surface area contributed by atoms with Gasteiger partial charge in [-0.05, 0) is 12.8 Å². The third-order valence-electron chi connectivity index (χ3n) is 2.22. The lowest BCUT2D eigenvalue weighted by Crippen LogP contribution is -2.15. The number of nitrogens with zero attached hydrogens (tertiary/aromatic N) is 1. The first-order chi connectivity index (χ1) is 6.24. The van der Waals surface area contributed by atoms with Crippen LogP contribution in [0.15, 0.2) is 4.99 Å². The van der Waals surface area contributed by atoms with Gasteiger partial charge in [0.05, 0.1) is 11.9 Å². The predicted molar refractivity (Wildman–Crippen MR) is 60.1 cm³/mol. The van der Waals surface area contributed by atoms with Crippen molar-refractivity contribution in [3.8, 4) is 0 Å². The van der Waals surface area contributed by atoms with E-state index in [0.717, 1.165) is 12.3 Å². The molecule has 0 rings (SSSR count). The quantitative estimate of drug-likeness (QED) is 0.479.